The van der Waals surface area contributed by atoms with E-state index < -0.39 is 0 Å². The Morgan fingerprint density at radius 2 is 2.17 bits per heavy atom. The van der Waals surface area contributed by atoms with E-state index in [2.05, 4.69) is 30.1 Å². The van der Waals surface area contributed by atoms with E-state index in [9.17, 15) is 0 Å². The minimum Gasteiger partial charge on any atom is -0.352 e. The van der Waals surface area contributed by atoms with Crippen LogP contribution in [0, 0.1) is 13.0 Å². The maximum absolute atomic E-state index is 4.19. The van der Waals surface area contributed by atoms with Gasteiger partial charge in [0.05, 0.1) is 0 Å². The molecule has 54 valence electrons. The molecule has 1 heterocycles. The molecule has 0 bridgehead atoms. The Morgan fingerprint density at radius 1 is 1.33 bits per heavy atom. The zero-order valence-electron chi connectivity index (χ0n) is 7.33. The van der Waals surface area contributed by atoms with Gasteiger partial charge in [0.15, 0.2) is 0 Å². The van der Waals surface area contributed by atoms with E-state index in [-0.39, 0.29) is 18.9 Å². The fourth-order valence-electron chi connectivity index (χ4n) is 1.12. The predicted molar refractivity (Wildman–Crippen MR) is 45.3 cm³/mol. The van der Waals surface area contributed by atoms with Crippen molar-refractivity contribution in [2.75, 3.05) is 0 Å². The molecule has 0 amide bonds. The molecule has 2 rings (SSSR count). The molecule has 1 aromatic heterocycles. The Labute approximate surface area is 84.0 Å². The van der Waals surface area contributed by atoms with Crippen LogP contribution in [-0.2, 0) is 0 Å². The second-order valence-corrected chi connectivity index (χ2v) is 2.61. The van der Waals surface area contributed by atoms with Crippen molar-refractivity contribution >= 4 is 10.9 Å². The van der Waals surface area contributed by atoms with Crippen LogP contribution >= 0.6 is 0 Å². The average molecular weight is 149 g/mol. The Balaban J connectivity index is 0.000000720. The van der Waals surface area contributed by atoms with Gasteiger partial charge in [0.2, 0.25) is 0 Å². The largest absolute Gasteiger partial charge is 1.00 e. The molecule has 0 unspecified atom stereocenters. The van der Waals surface area contributed by atoms with Gasteiger partial charge in [-0.05, 0) is 12.4 Å². The number of pyridine rings is 1. The van der Waals surface area contributed by atoms with Crippen molar-refractivity contribution in [3.8, 4) is 0 Å². The number of hydrogen-bond acceptors (Lipinski definition) is 1. The summed E-state index contributed by atoms with van der Waals surface area (Å²) in [5, 5.41) is 1.09. The number of aromatic nitrogens is 1. The van der Waals surface area contributed by atoms with Gasteiger partial charge in [0, 0.05) is 0 Å². The molecular weight excluding hydrogens is 141 g/mol. The van der Waals surface area contributed by atoms with Gasteiger partial charge in [-0.3, -0.25) is 0 Å². The Morgan fingerprint density at radius 3 is 3.00 bits per heavy atom. The third-order valence-corrected chi connectivity index (χ3v) is 1.68. The third-order valence-electron chi connectivity index (χ3n) is 1.68. The van der Waals surface area contributed by atoms with Crippen LogP contribution in [0.3, 0.4) is 0 Å². The standard InChI is InChI=1S/C10H8N.Li/c1-8-4-5-10-9(7-8)3-2-6-11-10;/h2,4-7H,1H3;/q-1;+1. The number of aryl methyl sites for hydroxylation is 1. The first kappa shape index (κ1) is 9.32. The molecule has 2 heteroatoms. The molecule has 0 fully saturated rings. The summed E-state index contributed by atoms with van der Waals surface area (Å²) in [6.45, 7) is 2.07. The molecule has 0 radical (unpaired) electrons. The molecule has 0 aliphatic rings. The molecule has 0 N–H and O–H groups in total. The number of benzene rings is 1. The van der Waals surface area contributed by atoms with E-state index in [4.69, 9.17) is 0 Å². The predicted octanol–water partition coefficient (Wildman–Crippen LogP) is -0.653. The van der Waals surface area contributed by atoms with Crippen molar-refractivity contribution in [1.29, 1.82) is 0 Å². The molecule has 0 saturated heterocycles. The number of hydrogen-bond donors (Lipinski definition) is 0. The first-order chi connectivity index (χ1) is 5.36. The summed E-state index contributed by atoms with van der Waals surface area (Å²) >= 11 is 0. The average Bonchev–Trinajstić information content (AvgIpc) is 2.04. The number of nitrogens with zero attached hydrogens (tertiary/aromatic N) is 1. The van der Waals surface area contributed by atoms with Crippen molar-refractivity contribution in [3.63, 3.8) is 0 Å². The first-order valence-corrected chi connectivity index (χ1v) is 3.59. The number of rotatable bonds is 0. The van der Waals surface area contributed by atoms with Gasteiger partial charge in [0.1, 0.15) is 0 Å². The van der Waals surface area contributed by atoms with Crippen LogP contribution in [0.25, 0.3) is 10.9 Å². The van der Waals surface area contributed by atoms with Gasteiger partial charge < -0.3 is 4.98 Å². The minimum absolute atomic E-state index is 0. The van der Waals surface area contributed by atoms with Crippen LogP contribution in [-0.4, -0.2) is 4.98 Å². The van der Waals surface area contributed by atoms with Crippen LogP contribution in [0.5, 0.6) is 0 Å². The van der Waals surface area contributed by atoms with Gasteiger partial charge in [-0.15, -0.1) is 23.6 Å². The van der Waals surface area contributed by atoms with Crippen molar-refractivity contribution in [3.05, 3.63) is 42.1 Å². The molecule has 1 aromatic carbocycles. The van der Waals surface area contributed by atoms with Gasteiger partial charge in [-0.2, -0.15) is 0 Å². The topological polar surface area (TPSA) is 12.9 Å². The quantitative estimate of drug-likeness (QED) is 0.358. The second-order valence-electron chi connectivity index (χ2n) is 2.61. The molecule has 2 aromatic rings. The molecule has 0 saturated carbocycles. The van der Waals surface area contributed by atoms with Crippen LogP contribution in [0.1, 0.15) is 5.56 Å². The monoisotopic (exact) mass is 149 g/mol. The SMILES string of the molecule is Cc1ccc2ncc[c-]c2c1.[Li+]. The summed E-state index contributed by atoms with van der Waals surface area (Å²) in [5.41, 5.74) is 2.26. The van der Waals surface area contributed by atoms with E-state index in [1.165, 1.54) is 5.56 Å². The second kappa shape index (κ2) is 3.76. The van der Waals surface area contributed by atoms with E-state index >= 15 is 0 Å². The Hall–Kier alpha value is -0.773. The summed E-state index contributed by atoms with van der Waals surface area (Å²) in [4.78, 5) is 4.19. The van der Waals surface area contributed by atoms with E-state index in [1.807, 2.05) is 12.1 Å². The molecule has 1 nitrogen and oxygen atoms in total. The van der Waals surface area contributed by atoms with Crippen LogP contribution in [0.2, 0.25) is 0 Å². The summed E-state index contributed by atoms with van der Waals surface area (Å²) in [6, 6.07) is 11.1. The van der Waals surface area contributed by atoms with Gasteiger partial charge >= 0.3 is 18.9 Å². The maximum atomic E-state index is 4.19. The van der Waals surface area contributed by atoms with E-state index in [0.29, 0.717) is 0 Å². The fraction of sp³-hybridized carbons (Fsp3) is 0.100. The van der Waals surface area contributed by atoms with Crippen molar-refractivity contribution in [1.82, 2.24) is 4.98 Å². The molecule has 0 aliphatic carbocycles. The van der Waals surface area contributed by atoms with Crippen LogP contribution in [0.4, 0.5) is 0 Å². The smallest absolute Gasteiger partial charge is 0.352 e. The van der Waals surface area contributed by atoms with Crippen LogP contribution in [0.15, 0.2) is 30.5 Å². The first-order valence-electron chi connectivity index (χ1n) is 3.59. The summed E-state index contributed by atoms with van der Waals surface area (Å²) in [6.07, 6.45) is 1.76. The minimum atomic E-state index is 0. The normalized spacial score (nSPS) is 9.42. The zero-order chi connectivity index (χ0) is 7.68. The van der Waals surface area contributed by atoms with E-state index in [1.54, 1.807) is 6.20 Å². The Kier molecular flexibility index (Phi) is 2.92. The summed E-state index contributed by atoms with van der Waals surface area (Å²) in [7, 11) is 0. The van der Waals surface area contributed by atoms with Crippen molar-refractivity contribution in [2.45, 2.75) is 6.92 Å². The molecule has 0 spiro atoms. The number of fused-ring (bicyclic) bond motifs is 1. The van der Waals surface area contributed by atoms with Crippen molar-refractivity contribution in [2.24, 2.45) is 0 Å². The fourth-order valence-corrected chi connectivity index (χ4v) is 1.12. The van der Waals surface area contributed by atoms with Crippen LogP contribution < -0.4 is 18.9 Å². The van der Waals surface area contributed by atoms with Gasteiger partial charge in [-0.1, -0.05) is 23.9 Å². The van der Waals surface area contributed by atoms with Gasteiger partial charge in [0.25, 0.3) is 0 Å². The summed E-state index contributed by atoms with van der Waals surface area (Å²) in [5.74, 6) is 0. The summed E-state index contributed by atoms with van der Waals surface area (Å²) < 4.78 is 0. The molecular formula is C10H8LiN. The molecule has 0 aliphatic heterocycles. The molecule has 0 atom stereocenters. The zero-order valence-corrected chi connectivity index (χ0v) is 7.33. The van der Waals surface area contributed by atoms with E-state index in [0.717, 1.165) is 10.9 Å². The third kappa shape index (κ3) is 1.69. The molecule has 12 heavy (non-hydrogen) atoms. The Bertz CT molecular complexity index is 384. The van der Waals surface area contributed by atoms with Gasteiger partial charge in [-0.25, -0.2) is 0 Å². The van der Waals surface area contributed by atoms with Crippen molar-refractivity contribution < 1.29 is 18.9 Å². The maximum Gasteiger partial charge on any atom is 1.00 e.